The number of esters is 1. The molecule has 2 fully saturated rings. The van der Waals surface area contributed by atoms with Crippen LogP contribution in [0.4, 0.5) is 0 Å². The zero-order valence-electron chi connectivity index (χ0n) is 19.0. The number of Topliss-reactive ketones (excluding diaryl/α,β-unsaturated/α-hetero) is 1. The van der Waals surface area contributed by atoms with E-state index in [9.17, 15) is 14.7 Å². The molecule has 6 nitrogen and oxygen atoms in total. The van der Waals surface area contributed by atoms with Crippen molar-refractivity contribution < 1.29 is 24.2 Å². The highest BCUT2D eigenvalue weighted by molar-refractivity contribution is 7.09. The van der Waals surface area contributed by atoms with Gasteiger partial charge in [-0.25, -0.2) is 4.98 Å². The van der Waals surface area contributed by atoms with Gasteiger partial charge in [0, 0.05) is 30.1 Å². The summed E-state index contributed by atoms with van der Waals surface area (Å²) >= 11 is 1.59. The molecular formula is C24H35NO5S. The largest absolute Gasteiger partial charge is 0.458 e. The zero-order valence-corrected chi connectivity index (χ0v) is 19.8. The second kappa shape index (κ2) is 10.8. The minimum atomic E-state index is -0.628. The standard InChI is InChI=1S/C24H35NO5S/c1-14-9-10-23(27)30-21(15(2)11-18-13-31-17(4)25-18)12-22-20(29-22)8-6-5-7-19(26)16(3)24(14)28/h11,13-14,16,19-22,26H,5-10,12H2,1-4H3/t14-,16-,19+,20?,21?,22?/m1/s1. The highest BCUT2D eigenvalue weighted by atomic mass is 32.1. The van der Waals surface area contributed by atoms with Crippen molar-refractivity contribution in [1.82, 2.24) is 4.98 Å². The van der Waals surface area contributed by atoms with Crippen molar-refractivity contribution >= 4 is 29.2 Å². The van der Waals surface area contributed by atoms with E-state index in [4.69, 9.17) is 9.47 Å². The molecule has 2 aliphatic heterocycles. The van der Waals surface area contributed by atoms with Crippen LogP contribution in [0.15, 0.2) is 11.0 Å². The number of hydrogen-bond acceptors (Lipinski definition) is 7. The quantitative estimate of drug-likeness (QED) is 0.529. The molecule has 3 heterocycles. The molecule has 2 aliphatic rings. The van der Waals surface area contributed by atoms with Crippen LogP contribution in [-0.4, -0.2) is 46.3 Å². The van der Waals surface area contributed by atoms with Crippen LogP contribution in [0.1, 0.15) is 76.4 Å². The Kier molecular flexibility index (Phi) is 8.42. The van der Waals surface area contributed by atoms with Crippen molar-refractivity contribution in [1.29, 1.82) is 0 Å². The molecule has 0 saturated carbocycles. The normalized spacial score (nSPS) is 34.2. The van der Waals surface area contributed by atoms with Crippen molar-refractivity contribution in [3.8, 4) is 0 Å². The summed E-state index contributed by atoms with van der Waals surface area (Å²) in [7, 11) is 0. The minimum Gasteiger partial charge on any atom is -0.458 e. The Bertz CT molecular complexity index is 804. The number of rotatable bonds is 2. The lowest BCUT2D eigenvalue weighted by Crippen LogP contribution is -2.30. The molecule has 0 amide bonds. The Labute approximate surface area is 189 Å². The number of thiazole rings is 1. The van der Waals surface area contributed by atoms with Gasteiger partial charge in [-0.3, -0.25) is 9.59 Å². The summed E-state index contributed by atoms with van der Waals surface area (Å²) in [4.78, 5) is 29.7. The fraction of sp³-hybridized carbons (Fsp3) is 0.708. The van der Waals surface area contributed by atoms with Gasteiger partial charge in [-0.05, 0) is 44.8 Å². The number of carbonyl (C=O) groups excluding carboxylic acids is 2. The lowest BCUT2D eigenvalue weighted by molar-refractivity contribution is -0.148. The smallest absolute Gasteiger partial charge is 0.306 e. The third-order valence-corrected chi connectivity index (χ3v) is 7.25. The van der Waals surface area contributed by atoms with Gasteiger partial charge in [0.1, 0.15) is 11.9 Å². The van der Waals surface area contributed by atoms with Crippen LogP contribution in [0.2, 0.25) is 0 Å². The molecule has 0 radical (unpaired) electrons. The van der Waals surface area contributed by atoms with Crippen molar-refractivity contribution in [2.24, 2.45) is 11.8 Å². The first-order chi connectivity index (χ1) is 14.7. The molecule has 1 aromatic heterocycles. The molecule has 0 aliphatic carbocycles. The van der Waals surface area contributed by atoms with Gasteiger partial charge in [-0.1, -0.05) is 26.7 Å². The van der Waals surface area contributed by atoms with Crippen molar-refractivity contribution in [3.05, 3.63) is 21.7 Å². The molecule has 31 heavy (non-hydrogen) atoms. The van der Waals surface area contributed by atoms with E-state index >= 15 is 0 Å². The summed E-state index contributed by atoms with van der Waals surface area (Å²) < 4.78 is 11.7. The van der Waals surface area contributed by atoms with Gasteiger partial charge in [-0.2, -0.15) is 0 Å². The summed E-state index contributed by atoms with van der Waals surface area (Å²) in [5.74, 6) is -0.980. The summed E-state index contributed by atoms with van der Waals surface area (Å²) in [5, 5.41) is 13.4. The van der Waals surface area contributed by atoms with Crippen LogP contribution in [0.3, 0.4) is 0 Å². The van der Waals surface area contributed by atoms with Gasteiger partial charge in [0.25, 0.3) is 0 Å². The Morgan fingerprint density at radius 2 is 1.94 bits per heavy atom. The summed E-state index contributed by atoms with van der Waals surface area (Å²) in [6.07, 6.45) is 5.88. The Morgan fingerprint density at radius 3 is 2.65 bits per heavy atom. The SMILES string of the molecule is CC(=Cc1csc(C)n1)C1CC2OC2CCCC[C@H](O)[C@@H](C)C(=O)[C@H](C)CCC(=O)O1. The molecule has 3 unspecified atom stereocenters. The Morgan fingerprint density at radius 1 is 1.19 bits per heavy atom. The second-order valence-corrected chi connectivity index (χ2v) is 10.2. The maximum absolute atomic E-state index is 12.6. The van der Waals surface area contributed by atoms with Crippen molar-refractivity contribution in [2.45, 2.75) is 97.1 Å². The molecule has 2 saturated heterocycles. The maximum Gasteiger partial charge on any atom is 0.306 e. The number of aryl methyl sites for hydroxylation is 1. The predicted octanol–water partition coefficient (Wildman–Crippen LogP) is 4.48. The summed E-state index contributed by atoms with van der Waals surface area (Å²) in [6.45, 7) is 7.55. The Hall–Kier alpha value is -1.57. The van der Waals surface area contributed by atoms with Crippen LogP contribution in [0.25, 0.3) is 6.08 Å². The van der Waals surface area contributed by atoms with Gasteiger partial charge in [0.15, 0.2) is 0 Å². The maximum atomic E-state index is 12.6. The van der Waals surface area contributed by atoms with Crippen LogP contribution >= 0.6 is 11.3 Å². The van der Waals surface area contributed by atoms with Gasteiger partial charge >= 0.3 is 5.97 Å². The molecule has 3 rings (SSSR count). The number of cyclic esters (lactones) is 1. The number of aromatic nitrogens is 1. The number of aliphatic hydroxyl groups excluding tert-OH is 1. The van der Waals surface area contributed by atoms with Gasteiger partial charge in [-0.15, -0.1) is 11.3 Å². The Balaban J connectivity index is 1.70. The molecule has 172 valence electrons. The third-order valence-electron chi connectivity index (χ3n) is 6.46. The molecule has 1 aromatic rings. The number of aliphatic hydroxyl groups is 1. The summed E-state index contributed by atoms with van der Waals surface area (Å²) in [5.41, 5.74) is 1.83. The number of nitrogens with zero attached hydrogens (tertiary/aromatic N) is 1. The number of ketones is 1. The number of carbonyl (C=O) groups is 2. The molecule has 0 aromatic carbocycles. The minimum absolute atomic E-state index is 0.0181. The number of hydrogen-bond donors (Lipinski definition) is 1. The van der Waals surface area contributed by atoms with E-state index in [-0.39, 0.29) is 42.4 Å². The summed E-state index contributed by atoms with van der Waals surface area (Å²) in [6, 6.07) is 0. The van der Waals surface area contributed by atoms with E-state index in [0.717, 1.165) is 35.5 Å². The lowest BCUT2D eigenvalue weighted by Gasteiger charge is -2.22. The van der Waals surface area contributed by atoms with Crippen LogP contribution in [0.5, 0.6) is 0 Å². The fourth-order valence-corrected chi connectivity index (χ4v) is 4.80. The van der Waals surface area contributed by atoms with E-state index in [0.29, 0.717) is 19.3 Å². The lowest BCUT2D eigenvalue weighted by atomic mass is 9.86. The van der Waals surface area contributed by atoms with E-state index in [1.54, 1.807) is 18.3 Å². The molecule has 1 N–H and O–H groups in total. The predicted molar refractivity (Wildman–Crippen MR) is 121 cm³/mol. The highest BCUT2D eigenvalue weighted by Crippen LogP contribution is 2.34. The second-order valence-electron chi connectivity index (χ2n) is 9.09. The van der Waals surface area contributed by atoms with Crippen molar-refractivity contribution in [2.75, 3.05) is 0 Å². The van der Waals surface area contributed by atoms with Gasteiger partial charge in [0.05, 0.1) is 29.0 Å². The molecule has 0 spiro atoms. The number of epoxide rings is 1. The number of ether oxygens (including phenoxy) is 2. The average molecular weight is 450 g/mol. The van der Waals surface area contributed by atoms with E-state index in [2.05, 4.69) is 4.98 Å². The average Bonchev–Trinajstić information content (AvgIpc) is 3.35. The zero-order chi connectivity index (χ0) is 22.5. The molecular weight excluding hydrogens is 414 g/mol. The number of fused-ring (bicyclic) bond motifs is 1. The first-order valence-electron chi connectivity index (χ1n) is 11.4. The third kappa shape index (κ3) is 6.96. The van der Waals surface area contributed by atoms with Crippen molar-refractivity contribution in [3.63, 3.8) is 0 Å². The van der Waals surface area contributed by atoms with Crippen LogP contribution in [0, 0.1) is 18.8 Å². The van der Waals surface area contributed by atoms with Crippen LogP contribution in [-0.2, 0) is 19.1 Å². The topological polar surface area (TPSA) is 89.0 Å². The van der Waals surface area contributed by atoms with Crippen LogP contribution < -0.4 is 0 Å². The van der Waals surface area contributed by atoms with E-state index < -0.39 is 12.0 Å². The first-order valence-corrected chi connectivity index (χ1v) is 12.3. The molecule has 7 heteroatoms. The highest BCUT2D eigenvalue weighted by Gasteiger charge is 2.41. The van der Waals surface area contributed by atoms with E-state index in [1.165, 1.54) is 0 Å². The van der Waals surface area contributed by atoms with E-state index in [1.807, 2.05) is 32.2 Å². The van der Waals surface area contributed by atoms with Gasteiger partial charge in [0.2, 0.25) is 0 Å². The molecule has 0 bridgehead atoms. The molecule has 6 atom stereocenters. The fourth-order valence-electron chi connectivity index (χ4n) is 4.23. The first kappa shape index (κ1) is 24.1. The van der Waals surface area contributed by atoms with Gasteiger partial charge < -0.3 is 14.6 Å². The monoisotopic (exact) mass is 449 g/mol.